The van der Waals surface area contributed by atoms with Gasteiger partial charge in [-0.05, 0) is 54.3 Å². The van der Waals surface area contributed by atoms with E-state index in [0.717, 1.165) is 59.7 Å². The standard InChI is InChI=1S/C35H39N5O4/c41-30-15-13-26(14-16-30)23-36-24-28-9-6-10-29(38-28)25-37-34(42)19-22-40-20-17-31(18-21-40)44-35(43)39-33-12-5-4-11-32(33)27-7-2-1-3-8-27/h1-16,31,36,41H,17-25H2,(H,37,42)(H,39,43). The number of hydrogen-bond acceptors (Lipinski definition) is 7. The molecule has 0 unspecified atom stereocenters. The van der Waals surface area contributed by atoms with Crippen molar-refractivity contribution in [2.45, 2.75) is 45.0 Å². The number of hydrogen-bond donors (Lipinski definition) is 4. The molecule has 4 N–H and O–H groups in total. The first kappa shape index (κ1) is 30.7. The van der Waals surface area contributed by atoms with Crippen LogP contribution in [0.1, 0.15) is 36.2 Å². The largest absolute Gasteiger partial charge is 0.508 e. The Kier molecular flexibility index (Phi) is 10.9. The van der Waals surface area contributed by atoms with Crippen molar-refractivity contribution >= 4 is 17.7 Å². The summed E-state index contributed by atoms with van der Waals surface area (Å²) in [7, 11) is 0. The topological polar surface area (TPSA) is 116 Å². The molecule has 9 heteroatoms. The van der Waals surface area contributed by atoms with E-state index in [1.54, 1.807) is 12.1 Å². The summed E-state index contributed by atoms with van der Waals surface area (Å²) in [6.07, 6.45) is 1.26. The van der Waals surface area contributed by atoms with Gasteiger partial charge in [0.15, 0.2) is 0 Å². The van der Waals surface area contributed by atoms with Crippen molar-refractivity contribution in [1.82, 2.24) is 20.5 Å². The van der Waals surface area contributed by atoms with Gasteiger partial charge in [-0.25, -0.2) is 4.79 Å². The highest BCUT2D eigenvalue weighted by molar-refractivity contribution is 5.91. The summed E-state index contributed by atoms with van der Waals surface area (Å²) >= 11 is 0. The highest BCUT2D eigenvalue weighted by atomic mass is 16.6. The van der Waals surface area contributed by atoms with Crippen molar-refractivity contribution in [1.29, 1.82) is 0 Å². The molecule has 1 saturated heterocycles. The molecule has 2 amide bonds. The number of rotatable bonds is 12. The van der Waals surface area contributed by atoms with Crippen LogP contribution in [-0.4, -0.2) is 52.7 Å². The molecule has 3 aromatic carbocycles. The molecule has 0 radical (unpaired) electrons. The lowest BCUT2D eigenvalue weighted by molar-refractivity contribution is -0.121. The Morgan fingerprint density at radius 3 is 2.30 bits per heavy atom. The Morgan fingerprint density at radius 2 is 1.52 bits per heavy atom. The number of aromatic hydroxyl groups is 1. The lowest BCUT2D eigenvalue weighted by atomic mass is 10.0. The minimum Gasteiger partial charge on any atom is -0.508 e. The van der Waals surface area contributed by atoms with E-state index in [1.165, 1.54) is 0 Å². The fraction of sp³-hybridized carbons (Fsp3) is 0.286. The number of piperidine rings is 1. The van der Waals surface area contributed by atoms with Crippen molar-refractivity contribution in [3.63, 3.8) is 0 Å². The van der Waals surface area contributed by atoms with Gasteiger partial charge in [0.1, 0.15) is 11.9 Å². The highest BCUT2D eigenvalue weighted by Crippen LogP contribution is 2.28. The molecule has 4 aromatic rings. The molecule has 2 heterocycles. The molecular formula is C35H39N5O4. The maximum Gasteiger partial charge on any atom is 0.411 e. The van der Waals surface area contributed by atoms with Crippen molar-refractivity contribution in [2.24, 2.45) is 0 Å². The average Bonchev–Trinajstić information content (AvgIpc) is 3.05. The van der Waals surface area contributed by atoms with E-state index in [9.17, 15) is 14.7 Å². The second kappa shape index (κ2) is 15.7. The zero-order valence-electron chi connectivity index (χ0n) is 24.7. The third-order valence-electron chi connectivity index (χ3n) is 7.61. The molecule has 1 fully saturated rings. The maximum absolute atomic E-state index is 12.7. The number of ether oxygens (including phenoxy) is 1. The number of anilines is 1. The van der Waals surface area contributed by atoms with Gasteiger partial charge in [-0.15, -0.1) is 0 Å². The number of nitrogens with zero attached hydrogens (tertiary/aromatic N) is 2. The fourth-order valence-electron chi connectivity index (χ4n) is 5.22. The quantitative estimate of drug-likeness (QED) is 0.172. The highest BCUT2D eigenvalue weighted by Gasteiger charge is 2.23. The molecule has 44 heavy (non-hydrogen) atoms. The normalized spacial score (nSPS) is 13.7. The molecule has 0 atom stereocenters. The number of nitrogens with one attached hydrogen (secondary N) is 3. The van der Waals surface area contributed by atoms with Crippen molar-refractivity contribution in [3.8, 4) is 16.9 Å². The second-order valence-electron chi connectivity index (χ2n) is 10.9. The third kappa shape index (κ3) is 9.39. The predicted octanol–water partition coefficient (Wildman–Crippen LogP) is 5.46. The zero-order valence-corrected chi connectivity index (χ0v) is 24.7. The van der Waals surface area contributed by atoms with Crippen LogP contribution in [0.25, 0.3) is 11.1 Å². The van der Waals surface area contributed by atoms with E-state index in [0.29, 0.717) is 32.6 Å². The number of phenols is 1. The van der Waals surface area contributed by atoms with Crippen LogP contribution < -0.4 is 16.0 Å². The van der Waals surface area contributed by atoms with E-state index < -0.39 is 6.09 Å². The van der Waals surface area contributed by atoms with Gasteiger partial charge in [0.05, 0.1) is 23.6 Å². The lowest BCUT2D eigenvalue weighted by Gasteiger charge is -2.31. The SMILES string of the molecule is O=C(CCN1CCC(OC(=O)Nc2ccccc2-c2ccccc2)CC1)NCc1cccc(CNCc2ccc(O)cc2)n1. The van der Waals surface area contributed by atoms with E-state index >= 15 is 0 Å². The molecule has 1 aromatic heterocycles. The van der Waals surface area contributed by atoms with Gasteiger partial charge in [0.25, 0.3) is 0 Å². The molecule has 9 nitrogen and oxygen atoms in total. The number of phenolic OH excluding ortho intramolecular Hbond substituents is 1. The Bertz CT molecular complexity index is 1510. The maximum atomic E-state index is 12.7. The summed E-state index contributed by atoms with van der Waals surface area (Å²) in [5, 5.41) is 18.6. The van der Waals surface area contributed by atoms with Crippen molar-refractivity contribution in [2.75, 3.05) is 25.0 Å². The van der Waals surface area contributed by atoms with Crippen LogP contribution in [0.2, 0.25) is 0 Å². The Morgan fingerprint density at radius 1 is 0.818 bits per heavy atom. The Balaban J connectivity index is 0.977. The van der Waals surface area contributed by atoms with Gasteiger partial charge < -0.3 is 25.4 Å². The number of carbonyl (C=O) groups excluding carboxylic acids is 2. The van der Waals surface area contributed by atoms with Gasteiger partial charge in [-0.2, -0.15) is 0 Å². The van der Waals surface area contributed by atoms with Gasteiger partial charge in [-0.1, -0.05) is 66.7 Å². The third-order valence-corrected chi connectivity index (χ3v) is 7.61. The lowest BCUT2D eigenvalue weighted by Crippen LogP contribution is -2.40. The summed E-state index contributed by atoms with van der Waals surface area (Å²) in [5.74, 6) is 0.237. The minimum absolute atomic E-state index is 0.0162. The van der Waals surface area contributed by atoms with Gasteiger partial charge in [-0.3, -0.25) is 15.1 Å². The number of carbonyl (C=O) groups is 2. The molecule has 0 saturated carbocycles. The number of aromatic nitrogens is 1. The van der Waals surface area contributed by atoms with E-state index in [1.807, 2.05) is 84.9 Å². The van der Waals surface area contributed by atoms with E-state index in [2.05, 4.69) is 25.8 Å². The molecule has 228 valence electrons. The molecule has 5 rings (SSSR count). The van der Waals surface area contributed by atoms with Crippen LogP contribution in [0.5, 0.6) is 5.75 Å². The molecular weight excluding hydrogens is 554 g/mol. The molecule has 1 aliphatic heterocycles. The molecule has 1 aliphatic rings. The summed E-state index contributed by atoms with van der Waals surface area (Å²) in [6.45, 7) is 3.85. The van der Waals surface area contributed by atoms with Crippen LogP contribution in [0.4, 0.5) is 10.5 Å². The zero-order chi connectivity index (χ0) is 30.6. The number of para-hydroxylation sites is 1. The predicted molar refractivity (Wildman–Crippen MR) is 171 cm³/mol. The number of likely N-dealkylation sites (tertiary alicyclic amines) is 1. The Hall–Kier alpha value is -4.73. The smallest absolute Gasteiger partial charge is 0.411 e. The summed E-state index contributed by atoms with van der Waals surface area (Å²) in [5.41, 5.74) is 5.48. The van der Waals surface area contributed by atoms with Crippen molar-refractivity contribution < 1.29 is 19.4 Å². The van der Waals surface area contributed by atoms with E-state index in [4.69, 9.17) is 4.74 Å². The van der Waals surface area contributed by atoms with Gasteiger partial charge in [0.2, 0.25) is 5.91 Å². The molecule has 0 spiro atoms. The average molecular weight is 594 g/mol. The van der Waals surface area contributed by atoms with Gasteiger partial charge >= 0.3 is 6.09 Å². The first-order valence-corrected chi connectivity index (χ1v) is 15.1. The summed E-state index contributed by atoms with van der Waals surface area (Å²) in [6, 6.07) is 30.5. The van der Waals surface area contributed by atoms with Crippen LogP contribution in [-0.2, 0) is 29.2 Å². The van der Waals surface area contributed by atoms with Gasteiger partial charge in [0, 0.05) is 44.7 Å². The first-order chi connectivity index (χ1) is 21.5. The summed E-state index contributed by atoms with van der Waals surface area (Å²) < 4.78 is 5.73. The Labute approximate surface area is 258 Å². The number of benzene rings is 3. The van der Waals surface area contributed by atoms with Crippen LogP contribution >= 0.6 is 0 Å². The molecule has 0 aliphatic carbocycles. The monoisotopic (exact) mass is 593 g/mol. The number of pyridine rings is 1. The first-order valence-electron chi connectivity index (χ1n) is 15.1. The minimum atomic E-state index is -0.447. The second-order valence-corrected chi connectivity index (χ2v) is 10.9. The summed E-state index contributed by atoms with van der Waals surface area (Å²) in [4.78, 5) is 32.1. The van der Waals surface area contributed by atoms with Crippen LogP contribution in [0.15, 0.2) is 97.1 Å². The fourth-order valence-corrected chi connectivity index (χ4v) is 5.22. The van der Waals surface area contributed by atoms with Crippen LogP contribution in [0.3, 0.4) is 0 Å². The molecule has 0 bridgehead atoms. The van der Waals surface area contributed by atoms with Crippen LogP contribution in [0, 0.1) is 0 Å². The van der Waals surface area contributed by atoms with E-state index in [-0.39, 0.29) is 17.8 Å². The number of amides is 2. The van der Waals surface area contributed by atoms with Crippen molar-refractivity contribution in [3.05, 3.63) is 114 Å².